The number of benzene rings is 2. The van der Waals surface area contributed by atoms with Gasteiger partial charge in [0.25, 0.3) is 5.91 Å². The summed E-state index contributed by atoms with van der Waals surface area (Å²) in [7, 11) is 1.99. The highest BCUT2D eigenvalue weighted by atomic mass is 19.1. The van der Waals surface area contributed by atoms with E-state index in [2.05, 4.69) is 25.1 Å². The van der Waals surface area contributed by atoms with Gasteiger partial charge in [0.1, 0.15) is 35.1 Å². The van der Waals surface area contributed by atoms with Gasteiger partial charge in [-0.3, -0.25) is 24.6 Å². The Kier molecular flexibility index (Phi) is 9.18. The third-order valence-corrected chi connectivity index (χ3v) is 11.8. The van der Waals surface area contributed by atoms with Gasteiger partial charge in [-0.1, -0.05) is 18.2 Å². The van der Waals surface area contributed by atoms with Crippen LogP contribution in [0.15, 0.2) is 67.0 Å². The zero-order chi connectivity index (χ0) is 38.7. The molecule has 5 aromatic rings. The molecule has 3 fully saturated rings. The number of imide groups is 1. The Morgan fingerprint density at radius 1 is 0.857 bits per heavy atom. The molecule has 3 aromatic heterocycles. The molecule has 1 N–H and O–H groups in total. The number of aromatic nitrogens is 4. The number of nitrogens with zero attached hydrogens (tertiary/aromatic N) is 8. The van der Waals surface area contributed by atoms with Crippen molar-refractivity contribution >= 4 is 35.0 Å². The molecular weight excluding hydrogens is 724 g/mol. The molecule has 288 valence electrons. The molecule has 0 spiro atoms. The average Bonchev–Trinajstić information content (AvgIpc) is 3.94. The number of piperidine rings is 2. The maximum atomic E-state index is 15.9. The Balaban J connectivity index is 0.861. The molecule has 3 saturated heterocycles. The molecule has 2 aromatic carbocycles. The van der Waals surface area contributed by atoms with Crippen molar-refractivity contribution in [3.63, 3.8) is 0 Å². The molecular formula is C41H40F3N9O3. The summed E-state index contributed by atoms with van der Waals surface area (Å²) in [6.07, 6.45) is 7.22. The third kappa shape index (κ3) is 6.42. The lowest BCUT2D eigenvalue weighted by Crippen LogP contribution is -2.52. The molecule has 7 heterocycles. The van der Waals surface area contributed by atoms with Crippen LogP contribution in [-0.4, -0.2) is 85.9 Å². The van der Waals surface area contributed by atoms with Gasteiger partial charge >= 0.3 is 0 Å². The lowest BCUT2D eigenvalue weighted by molar-refractivity contribution is -0.136. The quantitative estimate of drug-likeness (QED) is 0.207. The molecule has 1 unspecified atom stereocenters. The van der Waals surface area contributed by atoms with Crippen molar-refractivity contribution in [2.75, 3.05) is 36.5 Å². The van der Waals surface area contributed by atoms with Crippen molar-refractivity contribution in [1.29, 1.82) is 0 Å². The zero-order valence-electron chi connectivity index (χ0n) is 30.8. The first kappa shape index (κ1) is 35.8. The highest BCUT2D eigenvalue weighted by molar-refractivity contribution is 6.05. The first-order chi connectivity index (χ1) is 27.1. The van der Waals surface area contributed by atoms with Crippen LogP contribution in [-0.2, 0) is 22.7 Å². The molecule has 4 aliphatic rings. The maximum absolute atomic E-state index is 15.9. The van der Waals surface area contributed by atoms with Crippen LogP contribution in [0.1, 0.15) is 71.6 Å². The van der Waals surface area contributed by atoms with Crippen LogP contribution in [0.4, 0.5) is 24.8 Å². The van der Waals surface area contributed by atoms with Crippen LogP contribution in [0, 0.1) is 17.5 Å². The van der Waals surface area contributed by atoms with Crippen molar-refractivity contribution in [3.05, 3.63) is 107 Å². The molecule has 3 amide bonds. The number of hydrogen-bond donors (Lipinski definition) is 1. The highest BCUT2D eigenvalue weighted by Crippen LogP contribution is 2.38. The molecule has 4 aliphatic heterocycles. The van der Waals surface area contributed by atoms with Crippen LogP contribution in [0.5, 0.6) is 0 Å². The van der Waals surface area contributed by atoms with E-state index in [0.717, 1.165) is 61.9 Å². The number of carbonyl (C=O) groups is 3. The summed E-state index contributed by atoms with van der Waals surface area (Å²) in [5.74, 6) is -1.33. The Morgan fingerprint density at radius 2 is 1.70 bits per heavy atom. The minimum absolute atomic E-state index is 0.00156. The molecule has 56 heavy (non-hydrogen) atoms. The largest absolute Gasteiger partial charge is 0.356 e. The van der Waals surface area contributed by atoms with Gasteiger partial charge < -0.3 is 14.7 Å². The Morgan fingerprint density at radius 3 is 2.50 bits per heavy atom. The summed E-state index contributed by atoms with van der Waals surface area (Å²) in [5.41, 5.74) is 3.64. The number of carbonyl (C=O) groups excluding carboxylic acids is 3. The van der Waals surface area contributed by atoms with Crippen molar-refractivity contribution in [2.24, 2.45) is 0 Å². The number of nitrogens with one attached hydrogen (secondary N) is 1. The van der Waals surface area contributed by atoms with E-state index in [1.54, 1.807) is 22.8 Å². The van der Waals surface area contributed by atoms with Gasteiger partial charge in [-0.25, -0.2) is 27.7 Å². The van der Waals surface area contributed by atoms with Gasteiger partial charge in [-0.05, 0) is 69.5 Å². The molecule has 9 rings (SSSR count). The monoisotopic (exact) mass is 763 g/mol. The molecule has 15 heteroatoms. The standard InChI is InChI=1S/C41H40F3N9O3/c1-49(22-24-7-9-27-30(38(24)44)23-52(41(27)56)34-11-12-37(54)48-40(34)55)26-13-17-50(18-14-26)35-6-2-4-32(46-35)29-21-45-53-19-15-36(47-39(29)53)51-16-3-5-33(51)28-10-8-25(42)20-31(28)43/h2,4,6-10,15,19-21,26,33-34H,3,5,11-14,16-18,22-23H2,1H3,(H,48,54,55)/t33-,34?/m1/s1. The molecule has 12 nitrogen and oxygen atoms in total. The summed E-state index contributed by atoms with van der Waals surface area (Å²) in [5, 5.41) is 6.82. The van der Waals surface area contributed by atoms with Gasteiger partial charge in [-0.15, -0.1) is 0 Å². The van der Waals surface area contributed by atoms with Gasteiger partial charge in [0.2, 0.25) is 11.8 Å². The Bertz CT molecular complexity index is 2380. The summed E-state index contributed by atoms with van der Waals surface area (Å²) >= 11 is 0. The van der Waals surface area contributed by atoms with Gasteiger partial charge in [0, 0.05) is 73.2 Å². The highest BCUT2D eigenvalue weighted by Gasteiger charge is 2.41. The molecule has 0 radical (unpaired) electrons. The summed E-state index contributed by atoms with van der Waals surface area (Å²) in [6.45, 7) is 2.56. The molecule has 0 aliphatic carbocycles. The number of halogens is 3. The van der Waals surface area contributed by atoms with E-state index in [4.69, 9.17) is 9.97 Å². The number of anilines is 2. The van der Waals surface area contributed by atoms with Crippen LogP contribution in [0.2, 0.25) is 0 Å². The van der Waals surface area contributed by atoms with Crippen LogP contribution in [0.25, 0.3) is 16.9 Å². The second-order valence-electron chi connectivity index (χ2n) is 15.1. The van der Waals surface area contributed by atoms with E-state index in [0.29, 0.717) is 41.2 Å². The SMILES string of the molecule is CN(Cc1ccc2c(c1F)CN(C1CCC(=O)NC1=O)C2=O)C1CCN(c2cccc(-c3cnn4ccc(N5CCC[C@@H]5c5ccc(F)cc5F)nc34)n2)CC1. The first-order valence-corrected chi connectivity index (χ1v) is 19.1. The Hall–Kier alpha value is -5.83. The summed E-state index contributed by atoms with van der Waals surface area (Å²) < 4.78 is 46.1. The van der Waals surface area contributed by atoms with E-state index in [1.807, 2.05) is 37.5 Å². The fourth-order valence-electron chi connectivity index (χ4n) is 8.79. The molecule has 2 atom stereocenters. The summed E-state index contributed by atoms with van der Waals surface area (Å²) in [4.78, 5) is 55.0. The van der Waals surface area contributed by atoms with E-state index in [-0.39, 0.29) is 42.9 Å². The number of amides is 3. The van der Waals surface area contributed by atoms with Gasteiger partial charge in [-0.2, -0.15) is 5.10 Å². The summed E-state index contributed by atoms with van der Waals surface area (Å²) in [6, 6.07) is 14.0. The smallest absolute Gasteiger partial charge is 0.255 e. The van der Waals surface area contributed by atoms with Crippen molar-refractivity contribution < 1.29 is 27.6 Å². The number of rotatable bonds is 8. The van der Waals surface area contributed by atoms with Crippen molar-refractivity contribution in [1.82, 2.24) is 34.7 Å². The third-order valence-electron chi connectivity index (χ3n) is 11.8. The van der Waals surface area contributed by atoms with Crippen LogP contribution in [0.3, 0.4) is 0 Å². The number of fused-ring (bicyclic) bond motifs is 2. The number of hydrogen-bond acceptors (Lipinski definition) is 9. The second-order valence-corrected chi connectivity index (χ2v) is 15.1. The molecule has 0 bridgehead atoms. The maximum Gasteiger partial charge on any atom is 0.255 e. The lowest BCUT2D eigenvalue weighted by atomic mass is 10.0. The van der Waals surface area contributed by atoms with Crippen LogP contribution < -0.4 is 15.1 Å². The fourth-order valence-corrected chi connectivity index (χ4v) is 8.79. The second kappa shape index (κ2) is 14.3. The van der Waals surface area contributed by atoms with Crippen molar-refractivity contribution in [2.45, 2.75) is 69.7 Å². The van der Waals surface area contributed by atoms with Gasteiger partial charge in [0.15, 0.2) is 5.65 Å². The Labute approximate surface area is 320 Å². The van der Waals surface area contributed by atoms with E-state index in [9.17, 15) is 23.2 Å². The lowest BCUT2D eigenvalue weighted by Gasteiger charge is -2.37. The predicted molar refractivity (Wildman–Crippen MR) is 201 cm³/mol. The topological polar surface area (TPSA) is 119 Å². The molecule has 0 saturated carbocycles. The fraction of sp³-hybridized carbons (Fsp3) is 0.366. The van der Waals surface area contributed by atoms with Gasteiger partial charge in [0.05, 0.1) is 30.0 Å². The van der Waals surface area contributed by atoms with Crippen molar-refractivity contribution in [3.8, 4) is 11.3 Å². The van der Waals surface area contributed by atoms with E-state index < -0.39 is 35.3 Å². The number of pyridine rings is 1. The van der Waals surface area contributed by atoms with E-state index in [1.165, 1.54) is 17.0 Å². The normalized spacial score (nSPS) is 20.4. The van der Waals surface area contributed by atoms with E-state index >= 15 is 4.39 Å². The average molecular weight is 764 g/mol. The minimum atomic E-state index is -0.793. The zero-order valence-corrected chi connectivity index (χ0v) is 30.8. The predicted octanol–water partition coefficient (Wildman–Crippen LogP) is 5.41. The van der Waals surface area contributed by atoms with Crippen LogP contribution >= 0.6 is 0 Å². The first-order valence-electron chi connectivity index (χ1n) is 19.1. The minimum Gasteiger partial charge on any atom is -0.356 e.